The number of ether oxygens (including phenoxy) is 1. The molecular weight excluding hydrogens is 310 g/mol. The van der Waals surface area contributed by atoms with Gasteiger partial charge in [0, 0.05) is 5.33 Å². The molecule has 74 valence electrons. The Bertz CT molecular complexity index is 318. The summed E-state index contributed by atoms with van der Waals surface area (Å²) in [5.74, 6) is 0.786. The second-order valence-corrected chi connectivity index (χ2v) is 4.64. The molecule has 0 amide bonds. The Morgan fingerprint density at radius 2 is 2.00 bits per heavy atom. The number of hydrogen-bond acceptors (Lipinski definition) is 2. The molecule has 0 heterocycles. The van der Waals surface area contributed by atoms with Crippen LogP contribution in [0, 0.1) is 11.3 Å². The summed E-state index contributed by atoms with van der Waals surface area (Å²) < 4.78 is 5.47. The Hall–Kier alpha value is -0.530. The minimum Gasteiger partial charge on any atom is -0.492 e. The molecular formula is C10H9Br2NO. The Labute approximate surface area is 100 Å². The van der Waals surface area contributed by atoms with Gasteiger partial charge in [0.25, 0.3) is 0 Å². The maximum Gasteiger partial charge on any atom is 0.119 e. The highest BCUT2D eigenvalue weighted by molar-refractivity contribution is 9.12. The minimum atomic E-state index is 0.304. The molecule has 0 aliphatic heterocycles. The summed E-state index contributed by atoms with van der Waals surface area (Å²) in [6, 6.07) is 9.14. The summed E-state index contributed by atoms with van der Waals surface area (Å²) in [5, 5.41) is 9.43. The number of alkyl halides is 2. The third kappa shape index (κ3) is 3.69. The van der Waals surface area contributed by atoms with E-state index in [0.717, 1.165) is 11.1 Å². The minimum absolute atomic E-state index is 0.304. The lowest BCUT2D eigenvalue weighted by molar-refractivity contribution is 0.325. The topological polar surface area (TPSA) is 33.0 Å². The predicted molar refractivity (Wildman–Crippen MR) is 63.2 cm³/mol. The molecule has 1 rings (SSSR count). The molecule has 14 heavy (non-hydrogen) atoms. The first kappa shape index (κ1) is 11.5. The first-order valence-corrected chi connectivity index (χ1v) is 6.13. The fourth-order valence-electron chi connectivity index (χ4n) is 0.857. The molecule has 0 fully saturated rings. The van der Waals surface area contributed by atoms with Gasteiger partial charge in [-0.15, -0.1) is 0 Å². The lowest BCUT2D eigenvalue weighted by Gasteiger charge is -2.08. The predicted octanol–water partition coefficient (Wildman–Crippen LogP) is 3.10. The molecule has 0 saturated carbocycles. The molecule has 2 nitrogen and oxygen atoms in total. The van der Waals surface area contributed by atoms with Crippen molar-refractivity contribution in [1.29, 1.82) is 5.26 Å². The maximum atomic E-state index is 8.58. The molecule has 0 aliphatic rings. The van der Waals surface area contributed by atoms with Gasteiger partial charge in [0.2, 0.25) is 0 Å². The van der Waals surface area contributed by atoms with E-state index in [1.807, 2.05) is 0 Å². The van der Waals surface area contributed by atoms with Crippen molar-refractivity contribution in [2.24, 2.45) is 0 Å². The van der Waals surface area contributed by atoms with Crippen LogP contribution in [0.2, 0.25) is 0 Å². The van der Waals surface area contributed by atoms with Crippen LogP contribution in [0.1, 0.15) is 5.56 Å². The number of halogens is 2. The van der Waals surface area contributed by atoms with Gasteiger partial charge in [0.1, 0.15) is 12.4 Å². The van der Waals surface area contributed by atoms with Gasteiger partial charge in [0.15, 0.2) is 0 Å². The summed E-state index contributed by atoms with van der Waals surface area (Å²) in [4.78, 5) is 0.304. The van der Waals surface area contributed by atoms with E-state index in [0.29, 0.717) is 17.0 Å². The quantitative estimate of drug-likeness (QED) is 0.799. The summed E-state index contributed by atoms with van der Waals surface area (Å²) >= 11 is 6.78. The van der Waals surface area contributed by atoms with Crippen LogP contribution in [0.5, 0.6) is 5.75 Å². The van der Waals surface area contributed by atoms with E-state index in [1.165, 1.54) is 0 Å². The maximum absolute atomic E-state index is 8.58. The largest absolute Gasteiger partial charge is 0.492 e. The molecule has 0 radical (unpaired) electrons. The highest BCUT2D eigenvalue weighted by Crippen LogP contribution is 2.13. The van der Waals surface area contributed by atoms with Crippen LogP contribution >= 0.6 is 31.9 Å². The number of nitrogens with zero attached hydrogens (tertiary/aromatic N) is 1. The smallest absolute Gasteiger partial charge is 0.119 e. The van der Waals surface area contributed by atoms with E-state index in [2.05, 4.69) is 37.9 Å². The first-order chi connectivity index (χ1) is 6.76. The van der Waals surface area contributed by atoms with Crippen molar-refractivity contribution < 1.29 is 4.74 Å². The molecule has 0 spiro atoms. The van der Waals surface area contributed by atoms with Gasteiger partial charge in [0.05, 0.1) is 16.5 Å². The number of benzene rings is 1. The van der Waals surface area contributed by atoms with Crippen LogP contribution in [0.3, 0.4) is 0 Å². The monoisotopic (exact) mass is 317 g/mol. The van der Waals surface area contributed by atoms with E-state index in [9.17, 15) is 0 Å². The molecule has 0 N–H and O–H groups in total. The number of nitriles is 1. The average molecular weight is 319 g/mol. The lowest BCUT2D eigenvalue weighted by Crippen LogP contribution is -2.12. The van der Waals surface area contributed by atoms with E-state index in [-0.39, 0.29) is 0 Å². The number of rotatable bonds is 4. The fraction of sp³-hybridized carbons (Fsp3) is 0.300. The zero-order valence-electron chi connectivity index (χ0n) is 7.41. The van der Waals surface area contributed by atoms with Crippen molar-refractivity contribution >= 4 is 31.9 Å². The molecule has 1 aromatic rings. The molecule has 0 aliphatic carbocycles. The van der Waals surface area contributed by atoms with Crippen LogP contribution in [-0.2, 0) is 0 Å². The summed E-state index contributed by atoms with van der Waals surface area (Å²) in [5.41, 5.74) is 0.647. The van der Waals surface area contributed by atoms with Crippen LogP contribution in [-0.4, -0.2) is 16.8 Å². The Kier molecular flexibility index (Phi) is 4.99. The van der Waals surface area contributed by atoms with Crippen molar-refractivity contribution in [3.05, 3.63) is 29.8 Å². The molecule has 1 unspecified atom stereocenters. The van der Waals surface area contributed by atoms with Crippen LogP contribution in [0.25, 0.3) is 0 Å². The van der Waals surface area contributed by atoms with Crippen molar-refractivity contribution in [2.45, 2.75) is 4.83 Å². The number of hydrogen-bond donors (Lipinski definition) is 0. The molecule has 4 heteroatoms. The summed E-state index contributed by atoms with van der Waals surface area (Å²) in [6.07, 6.45) is 0. The van der Waals surface area contributed by atoms with Gasteiger partial charge in [-0.1, -0.05) is 31.9 Å². The van der Waals surface area contributed by atoms with Gasteiger partial charge < -0.3 is 4.74 Å². The average Bonchev–Trinajstić information content (AvgIpc) is 2.26. The lowest BCUT2D eigenvalue weighted by atomic mass is 10.2. The second-order valence-electron chi connectivity index (χ2n) is 2.70. The third-order valence-electron chi connectivity index (χ3n) is 1.58. The highest BCUT2D eigenvalue weighted by atomic mass is 79.9. The molecule has 1 aromatic carbocycles. The third-order valence-corrected chi connectivity index (χ3v) is 3.82. The SMILES string of the molecule is N#Cc1ccc(OCC(Br)CBr)cc1. The summed E-state index contributed by atoms with van der Waals surface area (Å²) in [7, 11) is 0. The van der Waals surface area contributed by atoms with Crippen molar-refractivity contribution in [1.82, 2.24) is 0 Å². The zero-order valence-corrected chi connectivity index (χ0v) is 10.6. The van der Waals surface area contributed by atoms with Crippen LogP contribution < -0.4 is 4.74 Å². The Morgan fingerprint density at radius 1 is 1.36 bits per heavy atom. The second kappa shape index (κ2) is 6.05. The van der Waals surface area contributed by atoms with Gasteiger partial charge >= 0.3 is 0 Å². The molecule has 0 aromatic heterocycles. The van der Waals surface area contributed by atoms with E-state index in [1.54, 1.807) is 24.3 Å². The molecule has 0 saturated heterocycles. The van der Waals surface area contributed by atoms with E-state index < -0.39 is 0 Å². The van der Waals surface area contributed by atoms with Crippen LogP contribution in [0.15, 0.2) is 24.3 Å². The normalized spacial score (nSPS) is 11.8. The van der Waals surface area contributed by atoms with E-state index >= 15 is 0 Å². The summed E-state index contributed by atoms with van der Waals surface area (Å²) in [6.45, 7) is 0.608. The zero-order chi connectivity index (χ0) is 10.4. The highest BCUT2D eigenvalue weighted by Gasteiger charge is 2.02. The molecule has 0 bridgehead atoms. The fourth-order valence-corrected chi connectivity index (χ4v) is 1.18. The van der Waals surface area contributed by atoms with Crippen molar-refractivity contribution in [2.75, 3.05) is 11.9 Å². The first-order valence-electron chi connectivity index (χ1n) is 4.09. The van der Waals surface area contributed by atoms with Crippen LogP contribution in [0.4, 0.5) is 0 Å². The van der Waals surface area contributed by atoms with Gasteiger partial charge in [-0.3, -0.25) is 0 Å². The Morgan fingerprint density at radius 3 is 2.50 bits per heavy atom. The van der Waals surface area contributed by atoms with E-state index in [4.69, 9.17) is 10.00 Å². The van der Waals surface area contributed by atoms with Gasteiger partial charge in [-0.25, -0.2) is 0 Å². The van der Waals surface area contributed by atoms with Gasteiger partial charge in [-0.2, -0.15) is 5.26 Å². The molecule has 1 atom stereocenters. The van der Waals surface area contributed by atoms with Gasteiger partial charge in [-0.05, 0) is 24.3 Å². The van der Waals surface area contributed by atoms with Crippen molar-refractivity contribution in [3.63, 3.8) is 0 Å². The van der Waals surface area contributed by atoms with Crippen molar-refractivity contribution in [3.8, 4) is 11.8 Å². The standard InChI is InChI=1S/C10H9Br2NO/c11-5-9(12)7-14-10-3-1-8(6-13)2-4-10/h1-4,9H,5,7H2. The Balaban J connectivity index is 2.49.